The second-order valence-corrected chi connectivity index (χ2v) is 5.09. The third-order valence-corrected chi connectivity index (χ3v) is 3.41. The zero-order chi connectivity index (χ0) is 13.1. The Labute approximate surface area is 99.3 Å². The first-order valence-corrected chi connectivity index (χ1v) is 6.14. The van der Waals surface area contributed by atoms with E-state index in [4.69, 9.17) is 5.26 Å². The van der Waals surface area contributed by atoms with Crippen LogP contribution in [0.2, 0.25) is 0 Å². The van der Waals surface area contributed by atoms with Crippen molar-refractivity contribution < 1.29 is 13.2 Å². The van der Waals surface area contributed by atoms with Crippen molar-refractivity contribution in [2.45, 2.75) is 11.8 Å². The second kappa shape index (κ2) is 4.95. The monoisotopic (exact) mass is 253 g/mol. The number of amides is 1. The summed E-state index contributed by atoms with van der Waals surface area (Å²) in [7, 11) is -2.31. The standard InChI is InChI=1S/C10H11N3O3S/c1-7(14)13-10-4-3-9(5-8(10)6-11)17(15,16)12-2/h3-5,12H,1-2H3,(H,13,14). The predicted molar refractivity (Wildman–Crippen MR) is 61.7 cm³/mol. The Morgan fingerprint density at radius 2 is 2.06 bits per heavy atom. The van der Waals surface area contributed by atoms with E-state index in [1.165, 1.54) is 32.2 Å². The van der Waals surface area contributed by atoms with E-state index in [9.17, 15) is 13.2 Å². The molecule has 0 fully saturated rings. The molecule has 1 aromatic carbocycles. The Morgan fingerprint density at radius 1 is 1.41 bits per heavy atom. The molecule has 0 aliphatic carbocycles. The Kier molecular flexibility index (Phi) is 3.83. The van der Waals surface area contributed by atoms with Crippen molar-refractivity contribution in [3.63, 3.8) is 0 Å². The molecule has 0 spiro atoms. The highest BCUT2D eigenvalue weighted by Crippen LogP contribution is 2.19. The lowest BCUT2D eigenvalue weighted by Gasteiger charge is -2.07. The zero-order valence-electron chi connectivity index (χ0n) is 9.31. The number of hydrogen-bond donors (Lipinski definition) is 2. The van der Waals surface area contributed by atoms with Crippen molar-refractivity contribution in [1.82, 2.24) is 4.72 Å². The van der Waals surface area contributed by atoms with E-state index in [2.05, 4.69) is 10.0 Å². The maximum absolute atomic E-state index is 11.5. The van der Waals surface area contributed by atoms with Gasteiger partial charge in [0.15, 0.2) is 0 Å². The first-order chi connectivity index (χ1) is 7.90. The normalized spacial score (nSPS) is 10.6. The summed E-state index contributed by atoms with van der Waals surface area (Å²) >= 11 is 0. The number of carbonyl (C=O) groups is 1. The molecule has 0 heterocycles. The van der Waals surface area contributed by atoms with E-state index < -0.39 is 10.0 Å². The van der Waals surface area contributed by atoms with Gasteiger partial charge in [0.1, 0.15) is 6.07 Å². The van der Waals surface area contributed by atoms with Crippen LogP contribution in [-0.4, -0.2) is 21.4 Å². The van der Waals surface area contributed by atoms with Crippen molar-refractivity contribution in [3.05, 3.63) is 23.8 Å². The molecule has 90 valence electrons. The lowest BCUT2D eigenvalue weighted by atomic mass is 10.2. The first kappa shape index (κ1) is 13.2. The fourth-order valence-electron chi connectivity index (χ4n) is 1.20. The van der Waals surface area contributed by atoms with E-state index in [1.54, 1.807) is 0 Å². The highest BCUT2D eigenvalue weighted by Gasteiger charge is 2.14. The van der Waals surface area contributed by atoms with Gasteiger partial charge in [0.05, 0.1) is 16.1 Å². The van der Waals surface area contributed by atoms with Gasteiger partial charge >= 0.3 is 0 Å². The number of nitriles is 1. The molecule has 1 aromatic rings. The molecular weight excluding hydrogens is 242 g/mol. The molecular formula is C10H11N3O3S. The summed E-state index contributed by atoms with van der Waals surface area (Å²) in [5.41, 5.74) is 0.381. The van der Waals surface area contributed by atoms with Crippen LogP contribution in [0.1, 0.15) is 12.5 Å². The van der Waals surface area contributed by atoms with Crippen LogP contribution in [0.25, 0.3) is 0 Å². The SMILES string of the molecule is CNS(=O)(=O)c1ccc(NC(C)=O)c(C#N)c1. The van der Waals surface area contributed by atoms with Gasteiger partial charge in [-0.1, -0.05) is 0 Å². The van der Waals surface area contributed by atoms with Gasteiger partial charge in [0.2, 0.25) is 15.9 Å². The van der Waals surface area contributed by atoms with Crippen LogP contribution in [-0.2, 0) is 14.8 Å². The molecule has 0 saturated heterocycles. The molecule has 0 saturated carbocycles. The van der Waals surface area contributed by atoms with Gasteiger partial charge in [0.25, 0.3) is 0 Å². The fourth-order valence-corrected chi connectivity index (χ4v) is 1.96. The van der Waals surface area contributed by atoms with Gasteiger partial charge in [-0.25, -0.2) is 13.1 Å². The van der Waals surface area contributed by atoms with Crippen LogP contribution in [0.5, 0.6) is 0 Å². The molecule has 7 heteroatoms. The summed E-state index contributed by atoms with van der Waals surface area (Å²) in [6.07, 6.45) is 0. The molecule has 17 heavy (non-hydrogen) atoms. The largest absolute Gasteiger partial charge is 0.325 e. The molecule has 0 aromatic heterocycles. The average molecular weight is 253 g/mol. The summed E-state index contributed by atoms with van der Waals surface area (Å²) in [4.78, 5) is 10.8. The molecule has 0 aliphatic rings. The van der Waals surface area contributed by atoms with Gasteiger partial charge in [-0.2, -0.15) is 5.26 Å². The van der Waals surface area contributed by atoms with Crippen LogP contribution >= 0.6 is 0 Å². The van der Waals surface area contributed by atoms with Gasteiger partial charge in [0, 0.05) is 6.92 Å². The van der Waals surface area contributed by atoms with Gasteiger partial charge in [-0.3, -0.25) is 4.79 Å². The smallest absolute Gasteiger partial charge is 0.240 e. The lowest BCUT2D eigenvalue weighted by Crippen LogP contribution is -2.19. The third kappa shape index (κ3) is 3.03. The van der Waals surface area contributed by atoms with Crippen LogP contribution in [0.3, 0.4) is 0 Å². The van der Waals surface area contributed by atoms with E-state index in [-0.39, 0.29) is 22.1 Å². The lowest BCUT2D eigenvalue weighted by molar-refractivity contribution is -0.114. The summed E-state index contributed by atoms with van der Waals surface area (Å²) < 4.78 is 25.1. The van der Waals surface area contributed by atoms with Crippen molar-refractivity contribution in [1.29, 1.82) is 5.26 Å². The highest BCUT2D eigenvalue weighted by molar-refractivity contribution is 7.89. The number of anilines is 1. The quantitative estimate of drug-likeness (QED) is 0.815. The fraction of sp³-hybridized carbons (Fsp3) is 0.200. The first-order valence-electron chi connectivity index (χ1n) is 4.66. The second-order valence-electron chi connectivity index (χ2n) is 3.21. The molecule has 6 nitrogen and oxygen atoms in total. The molecule has 1 amide bonds. The Hall–Kier alpha value is -1.91. The number of nitrogens with zero attached hydrogens (tertiary/aromatic N) is 1. The Morgan fingerprint density at radius 3 is 2.53 bits per heavy atom. The van der Waals surface area contributed by atoms with Crippen molar-refractivity contribution >= 4 is 21.6 Å². The maximum Gasteiger partial charge on any atom is 0.240 e. The minimum atomic E-state index is -3.59. The van der Waals surface area contributed by atoms with Gasteiger partial charge in [-0.15, -0.1) is 0 Å². The Balaban J connectivity index is 3.28. The third-order valence-electron chi connectivity index (χ3n) is 2.00. The number of rotatable bonds is 3. The zero-order valence-corrected chi connectivity index (χ0v) is 10.1. The van der Waals surface area contributed by atoms with Crippen LogP contribution in [0.15, 0.2) is 23.1 Å². The summed E-state index contributed by atoms with van der Waals surface area (Å²) in [5, 5.41) is 11.3. The van der Waals surface area contributed by atoms with Crippen molar-refractivity contribution in [3.8, 4) is 6.07 Å². The molecule has 0 aliphatic heterocycles. The average Bonchev–Trinajstić information content (AvgIpc) is 2.28. The highest BCUT2D eigenvalue weighted by atomic mass is 32.2. The molecule has 2 N–H and O–H groups in total. The number of hydrogen-bond acceptors (Lipinski definition) is 4. The Bertz CT molecular complexity index is 587. The summed E-state index contributed by atoms with van der Waals surface area (Å²) in [5.74, 6) is -0.328. The van der Waals surface area contributed by atoms with Crippen molar-refractivity contribution in [2.24, 2.45) is 0 Å². The minimum Gasteiger partial charge on any atom is -0.325 e. The summed E-state index contributed by atoms with van der Waals surface area (Å²) in [6.45, 7) is 1.30. The molecule has 0 bridgehead atoms. The maximum atomic E-state index is 11.5. The number of nitrogens with one attached hydrogen (secondary N) is 2. The number of carbonyl (C=O) groups excluding carboxylic acids is 1. The van der Waals surface area contributed by atoms with Crippen LogP contribution in [0, 0.1) is 11.3 Å². The van der Waals surface area contributed by atoms with E-state index in [1.807, 2.05) is 6.07 Å². The number of benzene rings is 1. The van der Waals surface area contributed by atoms with E-state index >= 15 is 0 Å². The van der Waals surface area contributed by atoms with E-state index in [0.29, 0.717) is 0 Å². The van der Waals surface area contributed by atoms with Gasteiger partial charge in [-0.05, 0) is 25.2 Å². The van der Waals surface area contributed by atoms with Crippen LogP contribution < -0.4 is 10.0 Å². The molecule has 0 unspecified atom stereocenters. The van der Waals surface area contributed by atoms with Crippen molar-refractivity contribution in [2.75, 3.05) is 12.4 Å². The minimum absolute atomic E-state index is 0.0225. The van der Waals surface area contributed by atoms with Crippen LogP contribution in [0.4, 0.5) is 5.69 Å². The molecule has 0 atom stereocenters. The van der Waals surface area contributed by atoms with E-state index in [0.717, 1.165) is 0 Å². The topological polar surface area (TPSA) is 99.1 Å². The molecule has 0 radical (unpaired) electrons. The van der Waals surface area contributed by atoms with Gasteiger partial charge < -0.3 is 5.32 Å². The predicted octanol–water partition coefficient (Wildman–Crippen LogP) is 0.425. The summed E-state index contributed by atoms with van der Waals surface area (Å²) in [6, 6.07) is 5.73. The molecule has 1 rings (SSSR count). The number of sulfonamides is 1.